The highest BCUT2D eigenvalue weighted by Crippen LogP contribution is 2.33. The van der Waals surface area contributed by atoms with Crippen LogP contribution in [-0.4, -0.2) is 64.4 Å². The van der Waals surface area contributed by atoms with Gasteiger partial charge in [-0.2, -0.15) is 0 Å². The third kappa shape index (κ3) is 6.43. The molecule has 1 amide bonds. The number of alkyl carbamates (subject to hydrolysis) is 1. The minimum atomic E-state index is -3.84. The number of hydrogen-bond acceptors (Lipinski definition) is 8. The van der Waals surface area contributed by atoms with Gasteiger partial charge in [0.05, 0.1) is 42.1 Å². The molecule has 11 heteroatoms. The monoisotopic (exact) mass is 572 g/mol. The second-order valence-corrected chi connectivity index (χ2v) is 12.6. The quantitative estimate of drug-likeness (QED) is 0.352. The third-order valence-electron chi connectivity index (χ3n) is 7.23. The lowest BCUT2D eigenvalue weighted by atomic mass is 10.0. The number of fused-ring (bicyclic) bond motifs is 2. The molecule has 4 unspecified atom stereocenters. The fourth-order valence-electron chi connectivity index (χ4n) is 5.14. The molecule has 3 heterocycles. The Bertz CT molecular complexity index is 1420. The van der Waals surface area contributed by atoms with Crippen molar-refractivity contribution in [3.8, 4) is 0 Å². The van der Waals surface area contributed by atoms with Crippen LogP contribution in [0.2, 0.25) is 0 Å². The fourth-order valence-corrected chi connectivity index (χ4v) is 6.79. The van der Waals surface area contributed by atoms with E-state index < -0.39 is 22.2 Å². The number of anilines is 1. The van der Waals surface area contributed by atoms with Crippen molar-refractivity contribution < 1.29 is 36.9 Å². The number of carbonyl (C=O) groups is 1. The average Bonchev–Trinajstić information content (AvgIpc) is 3.68. The molecule has 0 bridgehead atoms. The van der Waals surface area contributed by atoms with Gasteiger partial charge in [-0.25, -0.2) is 13.2 Å². The lowest BCUT2D eigenvalue weighted by Crippen LogP contribution is -2.37. The standard InChI is InChI=1S/C29H36N2O8S/c1-19(2)17-31(40(34,35)24-8-9-26-21(15-24)10-12-36-26)22-5-3-4-20(14-22)6-7-23(32)16-30-29(33)39-27-18-38-28-25(27)11-13-37-28/h3-5,8-10,12,14-15,19,23,25,27-28,32H,6-7,11,13,16-18H2,1-2H3,(H,30,33). The molecule has 0 aliphatic carbocycles. The maximum atomic E-state index is 13.7. The number of ether oxygens (including phenoxy) is 3. The third-order valence-corrected chi connectivity index (χ3v) is 9.02. The summed E-state index contributed by atoms with van der Waals surface area (Å²) in [7, 11) is -3.84. The minimum absolute atomic E-state index is 0.0427. The Labute approximate surface area is 234 Å². The number of rotatable bonds is 11. The summed E-state index contributed by atoms with van der Waals surface area (Å²) >= 11 is 0. The predicted molar refractivity (Wildman–Crippen MR) is 148 cm³/mol. The first-order chi connectivity index (χ1) is 19.2. The number of sulfonamides is 1. The van der Waals surface area contributed by atoms with Crippen LogP contribution in [-0.2, 0) is 30.7 Å². The van der Waals surface area contributed by atoms with Gasteiger partial charge in [0.2, 0.25) is 0 Å². The van der Waals surface area contributed by atoms with Crippen LogP contribution < -0.4 is 9.62 Å². The number of aliphatic hydroxyl groups excluding tert-OH is 1. The van der Waals surface area contributed by atoms with Crippen molar-refractivity contribution in [3.05, 3.63) is 60.4 Å². The molecule has 2 aromatic carbocycles. The number of hydrogen-bond donors (Lipinski definition) is 2. The van der Waals surface area contributed by atoms with E-state index in [2.05, 4.69) is 5.32 Å². The summed E-state index contributed by atoms with van der Waals surface area (Å²) in [5.74, 6) is 0.141. The van der Waals surface area contributed by atoms with Gasteiger partial charge in [-0.1, -0.05) is 26.0 Å². The Morgan fingerprint density at radius 2 is 2.02 bits per heavy atom. The van der Waals surface area contributed by atoms with Gasteiger partial charge in [-0.15, -0.1) is 0 Å². The Hall–Kier alpha value is -3.12. The van der Waals surface area contributed by atoms with Crippen molar-refractivity contribution >= 4 is 32.8 Å². The second kappa shape index (κ2) is 12.2. The molecule has 0 saturated carbocycles. The van der Waals surface area contributed by atoms with Crippen LogP contribution in [0.3, 0.4) is 0 Å². The first-order valence-electron chi connectivity index (χ1n) is 13.7. The fraction of sp³-hybridized carbons (Fsp3) is 0.483. The van der Waals surface area contributed by atoms with Gasteiger partial charge in [0.1, 0.15) is 11.7 Å². The predicted octanol–water partition coefficient (Wildman–Crippen LogP) is 4.07. The van der Waals surface area contributed by atoms with Crippen LogP contribution in [0, 0.1) is 11.8 Å². The van der Waals surface area contributed by atoms with Crippen molar-refractivity contribution in [2.75, 3.05) is 30.6 Å². The largest absolute Gasteiger partial charge is 0.464 e. The number of carbonyl (C=O) groups excluding carboxylic acids is 1. The number of benzene rings is 2. The number of nitrogens with one attached hydrogen (secondary N) is 1. The number of aryl methyl sites for hydroxylation is 1. The number of furan rings is 1. The summed E-state index contributed by atoms with van der Waals surface area (Å²) in [6.07, 6.45) is 1.17. The van der Waals surface area contributed by atoms with Crippen molar-refractivity contribution in [2.45, 2.75) is 56.5 Å². The smallest absolute Gasteiger partial charge is 0.407 e. The Morgan fingerprint density at radius 1 is 1.18 bits per heavy atom. The summed E-state index contributed by atoms with van der Waals surface area (Å²) < 4.78 is 50.7. The van der Waals surface area contributed by atoms with Crippen LogP contribution >= 0.6 is 0 Å². The minimum Gasteiger partial charge on any atom is -0.464 e. The molecule has 2 N–H and O–H groups in total. The van der Waals surface area contributed by atoms with E-state index in [0.29, 0.717) is 43.9 Å². The van der Waals surface area contributed by atoms with Crippen LogP contribution in [0.15, 0.2) is 64.1 Å². The van der Waals surface area contributed by atoms with E-state index in [-0.39, 0.29) is 35.7 Å². The zero-order chi connectivity index (χ0) is 28.3. The molecular weight excluding hydrogens is 536 g/mol. The normalized spacial score (nSPS) is 21.4. The molecule has 10 nitrogen and oxygen atoms in total. The average molecular weight is 573 g/mol. The highest BCUT2D eigenvalue weighted by atomic mass is 32.2. The highest BCUT2D eigenvalue weighted by Gasteiger charge is 2.43. The highest BCUT2D eigenvalue weighted by molar-refractivity contribution is 7.92. The van der Waals surface area contributed by atoms with Gasteiger partial charge in [0.15, 0.2) is 6.29 Å². The molecule has 3 aromatic rings. The van der Waals surface area contributed by atoms with E-state index in [1.54, 1.807) is 30.3 Å². The van der Waals surface area contributed by atoms with E-state index >= 15 is 0 Å². The summed E-state index contributed by atoms with van der Waals surface area (Å²) in [4.78, 5) is 12.4. The zero-order valence-corrected chi connectivity index (χ0v) is 23.5. The Balaban J connectivity index is 1.19. The maximum Gasteiger partial charge on any atom is 0.407 e. The maximum absolute atomic E-state index is 13.7. The molecule has 2 saturated heterocycles. The molecule has 1 aromatic heterocycles. The summed E-state index contributed by atoms with van der Waals surface area (Å²) in [5.41, 5.74) is 2.06. The zero-order valence-electron chi connectivity index (χ0n) is 22.7. The lowest BCUT2D eigenvalue weighted by molar-refractivity contribution is -0.0907. The van der Waals surface area contributed by atoms with Crippen LogP contribution in [0.25, 0.3) is 11.0 Å². The van der Waals surface area contributed by atoms with Crippen molar-refractivity contribution in [1.82, 2.24) is 5.32 Å². The summed E-state index contributed by atoms with van der Waals surface area (Å²) in [6, 6.07) is 13.9. The molecule has 40 heavy (non-hydrogen) atoms. The van der Waals surface area contributed by atoms with Gasteiger partial charge < -0.3 is 29.1 Å². The molecule has 4 atom stereocenters. The summed E-state index contributed by atoms with van der Waals surface area (Å²) in [6.45, 7) is 5.20. The van der Waals surface area contributed by atoms with E-state index in [1.165, 1.54) is 10.6 Å². The second-order valence-electron chi connectivity index (χ2n) is 10.8. The first-order valence-corrected chi connectivity index (χ1v) is 15.1. The molecule has 0 spiro atoms. The number of nitrogens with zero attached hydrogens (tertiary/aromatic N) is 1. The lowest BCUT2D eigenvalue weighted by Gasteiger charge is -2.27. The van der Waals surface area contributed by atoms with Crippen molar-refractivity contribution in [1.29, 1.82) is 0 Å². The summed E-state index contributed by atoms with van der Waals surface area (Å²) in [5, 5.41) is 13.8. The van der Waals surface area contributed by atoms with Gasteiger partial charge in [-0.3, -0.25) is 4.31 Å². The van der Waals surface area contributed by atoms with Crippen LogP contribution in [0.4, 0.5) is 10.5 Å². The van der Waals surface area contributed by atoms with E-state index in [0.717, 1.165) is 17.4 Å². The van der Waals surface area contributed by atoms with Gasteiger partial charge >= 0.3 is 6.09 Å². The number of aliphatic hydroxyl groups is 1. The molecule has 2 aliphatic heterocycles. The Kier molecular flexibility index (Phi) is 8.65. The topological polar surface area (TPSA) is 128 Å². The van der Waals surface area contributed by atoms with Gasteiger partial charge in [0, 0.05) is 18.5 Å². The van der Waals surface area contributed by atoms with Gasteiger partial charge in [0.25, 0.3) is 10.0 Å². The molecule has 2 aliphatic rings. The Morgan fingerprint density at radius 3 is 2.85 bits per heavy atom. The molecule has 5 rings (SSSR count). The van der Waals surface area contributed by atoms with Crippen LogP contribution in [0.5, 0.6) is 0 Å². The van der Waals surface area contributed by atoms with Gasteiger partial charge in [-0.05, 0) is 67.1 Å². The van der Waals surface area contributed by atoms with Crippen molar-refractivity contribution in [2.24, 2.45) is 11.8 Å². The first kappa shape index (κ1) is 28.4. The molecular formula is C29H36N2O8S. The van der Waals surface area contributed by atoms with E-state index in [1.807, 2.05) is 32.0 Å². The molecule has 2 fully saturated rings. The van der Waals surface area contributed by atoms with Crippen LogP contribution in [0.1, 0.15) is 32.3 Å². The number of amides is 1. The molecule has 216 valence electrons. The van der Waals surface area contributed by atoms with E-state index in [9.17, 15) is 18.3 Å². The van der Waals surface area contributed by atoms with E-state index in [4.69, 9.17) is 18.6 Å². The SMILES string of the molecule is CC(C)CN(c1cccc(CCC(O)CNC(=O)OC2COC3OCCC23)c1)S(=O)(=O)c1ccc2occc2c1. The molecule has 0 radical (unpaired) electrons. The van der Waals surface area contributed by atoms with Crippen molar-refractivity contribution in [3.63, 3.8) is 0 Å².